The van der Waals surface area contributed by atoms with Gasteiger partial charge in [0.1, 0.15) is 0 Å². The van der Waals surface area contributed by atoms with Crippen molar-refractivity contribution in [1.29, 1.82) is 0 Å². The zero-order chi connectivity index (χ0) is 16.7. The fourth-order valence-corrected chi connectivity index (χ4v) is 2.15. The van der Waals surface area contributed by atoms with Crippen molar-refractivity contribution in [3.05, 3.63) is 41.1 Å². The molecule has 124 valence electrons. The number of ether oxygens (including phenoxy) is 1. The number of carboxylic acids is 1. The number of piperidine rings is 1. The fraction of sp³-hybridized carbons (Fsp3) is 0.429. The third-order valence-corrected chi connectivity index (χ3v) is 3.44. The van der Waals surface area contributed by atoms with Crippen molar-refractivity contribution in [2.45, 2.75) is 12.8 Å². The van der Waals surface area contributed by atoms with Crippen molar-refractivity contribution < 1.29 is 29.2 Å². The molecule has 0 saturated carbocycles. The van der Waals surface area contributed by atoms with Gasteiger partial charge in [-0.05, 0) is 25.0 Å². The highest BCUT2D eigenvalue weighted by Crippen LogP contribution is 2.17. The van der Waals surface area contributed by atoms with Crippen LogP contribution in [0.25, 0.3) is 0 Å². The molecule has 1 heterocycles. The lowest BCUT2D eigenvalue weighted by atomic mass is 9.98. The number of nitrogens with zero attached hydrogens (tertiary/aromatic N) is 3. The van der Waals surface area contributed by atoms with E-state index in [1.165, 1.54) is 5.01 Å². The second-order valence-electron chi connectivity index (χ2n) is 4.95. The summed E-state index contributed by atoms with van der Waals surface area (Å²) in [5.41, 5.74) is 0.367. The second-order valence-corrected chi connectivity index (χ2v) is 4.95. The van der Waals surface area contributed by atoms with Gasteiger partial charge in [-0.2, -0.15) is 0 Å². The molecule has 1 N–H and O–H groups in total. The lowest BCUT2D eigenvalue weighted by Gasteiger charge is -2.25. The van der Waals surface area contributed by atoms with Crippen LogP contribution in [0.2, 0.25) is 0 Å². The van der Waals surface area contributed by atoms with E-state index in [9.17, 15) is 14.8 Å². The van der Waals surface area contributed by atoms with Gasteiger partial charge in [0.05, 0.1) is 29.5 Å². The van der Waals surface area contributed by atoms with Crippen LogP contribution in [0.4, 0.5) is 0 Å². The van der Waals surface area contributed by atoms with Crippen molar-refractivity contribution in [2.24, 2.45) is 11.2 Å². The molecule has 1 aromatic carbocycles. The molecule has 0 aromatic heterocycles. The SMILES string of the molecule is O=C(OCO/N=[N+](\[O-])N1CCC(C(=O)O)CC1)c1ccccc1. The van der Waals surface area contributed by atoms with E-state index in [4.69, 9.17) is 9.84 Å². The van der Waals surface area contributed by atoms with E-state index in [0.29, 0.717) is 18.4 Å². The molecule has 0 atom stereocenters. The Bertz CT molecular complexity index is 569. The molecule has 2 rings (SSSR count). The van der Waals surface area contributed by atoms with E-state index in [-0.39, 0.29) is 18.1 Å². The molecule has 1 aliphatic rings. The zero-order valence-corrected chi connectivity index (χ0v) is 12.3. The summed E-state index contributed by atoms with van der Waals surface area (Å²) >= 11 is 0. The first-order chi connectivity index (χ1) is 11.1. The lowest BCUT2D eigenvalue weighted by Crippen LogP contribution is -2.40. The Kier molecular flexibility index (Phi) is 5.73. The highest BCUT2D eigenvalue weighted by molar-refractivity contribution is 5.89. The van der Waals surface area contributed by atoms with Crippen LogP contribution in [-0.4, -0.2) is 46.9 Å². The largest absolute Gasteiger partial charge is 0.569 e. The lowest BCUT2D eigenvalue weighted by molar-refractivity contribution is -0.713. The summed E-state index contributed by atoms with van der Waals surface area (Å²) < 4.78 is 4.80. The van der Waals surface area contributed by atoms with Gasteiger partial charge >= 0.3 is 11.9 Å². The van der Waals surface area contributed by atoms with Crippen LogP contribution in [0.5, 0.6) is 0 Å². The summed E-state index contributed by atoms with van der Waals surface area (Å²) in [4.78, 5) is 27.3. The Morgan fingerprint density at radius 1 is 1.30 bits per heavy atom. The molecule has 0 bridgehead atoms. The topological polar surface area (TPSA) is 114 Å². The summed E-state index contributed by atoms with van der Waals surface area (Å²) in [5, 5.41) is 25.1. The van der Waals surface area contributed by atoms with E-state index in [1.54, 1.807) is 30.3 Å². The molecular weight excluding hydrogens is 306 g/mol. The zero-order valence-electron chi connectivity index (χ0n) is 12.3. The van der Waals surface area contributed by atoms with Gasteiger partial charge in [0, 0.05) is 0 Å². The Hall–Kier alpha value is -2.84. The van der Waals surface area contributed by atoms with Gasteiger partial charge in [-0.3, -0.25) is 4.79 Å². The Balaban J connectivity index is 1.71. The summed E-state index contributed by atoms with van der Waals surface area (Å²) in [6.07, 6.45) is 0.735. The normalized spacial score (nSPS) is 16.0. The molecule has 1 aromatic rings. The molecule has 0 spiro atoms. The number of rotatable bonds is 6. The van der Waals surface area contributed by atoms with E-state index in [1.807, 2.05) is 0 Å². The summed E-state index contributed by atoms with van der Waals surface area (Å²) in [7, 11) is 0. The Morgan fingerprint density at radius 2 is 1.96 bits per heavy atom. The van der Waals surface area contributed by atoms with Crippen molar-refractivity contribution in [2.75, 3.05) is 19.9 Å². The molecule has 1 aliphatic heterocycles. The third kappa shape index (κ3) is 4.83. The van der Waals surface area contributed by atoms with Crippen LogP contribution < -0.4 is 0 Å². The van der Waals surface area contributed by atoms with Gasteiger partial charge in [0.15, 0.2) is 0 Å². The fourth-order valence-electron chi connectivity index (χ4n) is 2.15. The van der Waals surface area contributed by atoms with Crippen molar-refractivity contribution in [3.8, 4) is 0 Å². The van der Waals surface area contributed by atoms with Gasteiger partial charge < -0.3 is 19.9 Å². The van der Waals surface area contributed by atoms with Gasteiger partial charge in [-0.1, -0.05) is 18.2 Å². The smallest absolute Gasteiger partial charge is 0.341 e. The van der Waals surface area contributed by atoms with E-state index >= 15 is 0 Å². The molecule has 0 aliphatic carbocycles. The summed E-state index contributed by atoms with van der Waals surface area (Å²) in [5.74, 6) is -1.88. The highest BCUT2D eigenvalue weighted by atomic mass is 16.8. The molecule has 1 saturated heterocycles. The third-order valence-electron chi connectivity index (χ3n) is 3.44. The van der Waals surface area contributed by atoms with Crippen molar-refractivity contribution in [3.63, 3.8) is 0 Å². The first-order valence-electron chi connectivity index (χ1n) is 7.08. The number of benzene rings is 1. The van der Waals surface area contributed by atoms with Crippen LogP contribution in [-0.2, 0) is 14.4 Å². The average molecular weight is 323 g/mol. The number of carboxylic acid groups (broad SMARTS) is 1. The van der Waals surface area contributed by atoms with Crippen LogP contribution in [0.3, 0.4) is 0 Å². The average Bonchev–Trinajstić information content (AvgIpc) is 2.59. The first kappa shape index (κ1) is 16.5. The Labute approximate surface area is 132 Å². The Morgan fingerprint density at radius 3 is 2.57 bits per heavy atom. The number of carbonyl (C=O) groups excluding carboxylic acids is 1. The maximum Gasteiger partial charge on any atom is 0.341 e. The quantitative estimate of drug-likeness (QED) is 0.210. The van der Waals surface area contributed by atoms with Gasteiger partial charge in [-0.25, -0.2) is 4.79 Å². The van der Waals surface area contributed by atoms with E-state index < -0.39 is 24.6 Å². The number of hydrazine groups is 1. The molecule has 9 nitrogen and oxygen atoms in total. The second kappa shape index (κ2) is 7.97. The molecule has 0 unspecified atom stereocenters. The minimum absolute atomic E-state index is 0.244. The predicted octanol–water partition coefficient (Wildman–Crippen LogP) is 1.41. The van der Waals surface area contributed by atoms with Crippen LogP contribution >= 0.6 is 0 Å². The number of hydrogen-bond acceptors (Lipinski definition) is 6. The maximum atomic E-state index is 11.7. The summed E-state index contributed by atoms with van der Waals surface area (Å²) in [6.45, 7) is 0.0618. The summed E-state index contributed by atoms with van der Waals surface area (Å²) in [6, 6.07) is 8.34. The van der Waals surface area contributed by atoms with Gasteiger partial charge in [0.2, 0.25) is 5.28 Å². The molecule has 0 amide bonds. The number of carbonyl (C=O) groups is 2. The van der Waals surface area contributed by atoms with Crippen molar-refractivity contribution in [1.82, 2.24) is 5.01 Å². The predicted molar refractivity (Wildman–Crippen MR) is 75.8 cm³/mol. The van der Waals surface area contributed by atoms with E-state index in [2.05, 4.69) is 10.1 Å². The van der Waals surface area contributed by atoms with E-state index in [0.717, 1.165) is 0 Å². The maximum absolute atomic E-state index is 11.7. The minimum atomic E-state index is -0.858. The minimum Gasteiger partial charge on any atom is -0.569 e. The van der Waals surface area contributed by atoms with Gasteiger partial charge in [0.25, 0.3) is 6.79 Å². The number of esters is 1. The highest BCUT2D eigenvalue weighted by Gasteiger charge is 2.28. The standard InChI is InChI=1S/C14H17N3O6/c18-13(19)11-6-8-16(9-7-11)17(21)15-23-10-22-14(20)12-4-2-1-3-5-12/h1-5,11H,6-10H2,(H,18,19)/b17-15-. The van der Waals surface area contributed by atoms with Crippen LogP contribution in [0, 0.1) is 11.1 Å². The molecule has 23 heavy (non-hydrogen) atoms. The number of hydrogen-bond donors (Lipinski definition) is 1. The molecule has 9 heteroatoms. The van der Waals surface area contributed by atoms with Crippen molar-refractivity contribution >= 4 is 11.9 Å². The van der Waals surface area contributed by atoms with Crippen LogP contribution in [0.15, 0.2) is 35.6 Å². The van der Waals surface area contributed by atoms with Gasteiger partial charge in [-0.15, -0.1) is 5.01 Å². The first-order valence-corrected chi connectivity index (χ1v) is 7.08. The van der Waals surface area contributed by atoms with Crippen LogP contribution in [0.1, 0.15) is 23.2 Å². The monoisotopic (exact) mass is 323 g/mol. The molecular formula is C14H17N3O6. The molecule has 1 fully saturated rings. The number of aliphatic carboxylic acids is 1. The molecule has 0 radical (unpaired) electrons.